The predicted octanol–water partition coefficient (Wildman–Crippen LogP) is 2.78. The van der Waals surface area contributed by atoms with E-state index in [0.717, 1.165) is 66.1 Å². The number of amides is 1. The minimum absolute atomic E-state index is 0.0176. The van der Waals surface area contributed by atoms with E-state index in [1.54, 1.807) is 19.5 Å². The summed E-state index contributed by atoms with van der Waals surface area (Å²) in [5.41, 5.74) is 10.5. The minimum Gasteiger partial charge on any atom is -0.481 e. The molecule has 1 aromatic carbocycles. The monoisotopic (exact) mass is 519 g/mol. The first-order valence-electron chi connectivity index (χ1n) is 12.8. The summed E-state index contributed by atoms with van der Waals surface area (Å²) in [6.07, 6.45) is 5.20. The lowest BCUT2D eigenvalue weighted by molar-refractivity contribution is -0.121. The molecular formula is C27H37N9O2. The number of likely N-dealkylation sites (N-methyl/N-ethyl adjacent to an activating group) is 1. The molecule has 1 aliphatic heterocycles. The van der Waals surface area contributed by atoms with E-state index in [0.29, 0.717) is 11.6 Å². The Kier molecular flexibility index (Phi) is 8.59. The molecule has 1 saturated heterocycles. The molecule has 1 fully saturated rings. The average Bonchev–Trinajstić information content (AvgIpc) is 3.38. The van der Waals surface area contributed by atoms with Gasteiger partial charge in [0.15, 0.2) is 0 Å². The lowest BCUT2D eigenvalue weighted by Crippen LogP contribution is -2.52. The van der Waals surface area contributed by atoms with Crippen molar-refractivity contribution in [2.24, 2.45) is 10.7 Å². The molecule has 3 aromatic rings. The Morgan fingerprint density at radius 1 is 1.29 bits per heavy atom. The second-order valence-corrected chi connectivity index (χ2v) is 9.29. The summed E-state index contributed by atoms with van der Waals surface area (Å²) in [6.45, 7) is 10.9. The van der Waals surface area contributed by atoms with Crippen LogP contribution in [0.1, 0.15) is 19.4 Å². The van der Waals surface area contributed by atoms with Crippen molar-refractivity contribution in [3.05, 3.63) is 47.7 Å². The van der Waals surface area contributed by atoms with Crippen molar-refractivity contribution >= 4 is 34.7 Å². The lowest BCUT2D eigenvalue weighted by Gasteiger charge is -2.36. The number of aliphatic imine (C=N–C) groups is 1. The third kappa shape index (κ3) is 5.79. The Hall–Kier alpha value is -3.96. The van der Waals surface area contributed by atoms with Gasteiger partial charge in [-0.3, -0.25) is 14.7 Å². The van der Waals surface area contributed by atoms with Gasteiger partial charge in [-0.15, -0.1) is 0 Å². The molecule has 3 heterocycles. The molecule has 11 heteroatoms. The smallest absolute Gasteiger partial charge is 0.241 e. The summed E-state index contributed by atoms with van der Waals surface area (Å²) in [5.74, 6) is 0.516. The zero-order chi connectivity index (χ0) is 27.2. The number of nitrogens with one attached hydrogen (secondary N) is 3. The molecule has 2 aromatic heterocycles. The fourth-order valence-electron chi connectivity index (χ4n) is 4.62. The number of carbonyl (C=O) groups excluding carboxylic acids is 1. The van der Waals surface area contributed by atoms with Crippen LogP contribution in [0, 0.1) is 6.92 Å². The first kappa shape index (κ1) is 27.1. The van der Waals surface area contributed by atoms with E-state index in [1.807, 2.05) is 38.2 Å². The van der Waals surface area contributed by atoms with E-state index in [2.05, 4.69) is 42.3 Å². The van der Waals surface area contributed by atoms with Gasteiger partial charge in [0.25, 0.3) is 0 Å². The van der Waals surface area contributed by atoms with E-state index in [-0.39, 0.29) is 17.8 Å². The topological polar surface area (TPSA) is 137 Å². The molecule has 0 radical (unpaired) electrons. The Balaban J connectivity index is 1.58. The molecule has 202 valence electrons. The Morgan fingerprint density at radius 3 is 2.74 bits per heavy atom. The van der Waals surface area contributed by atoms with Gasteiger partial charge in [0.2, 0.25) is 17.7 Å². The maximum atomic E-state index is 13.2. The van der Waals surface area contributed by atoms with Crippen LogP contribution in [0.3, 0.4) is 0 Å². The Labute approximate surface area is 223 Å². The number of H-pyrrole nitrogens is 1. The van der Waals surface area contributed by atoms with Crippen LogP contribution in [0.25, 0.3) is 22.2 Å². The molecule has 1 amide bonds. The summed E-state index contributed by atoms with van der Waals surface area (Å²) in [7, 11) is 3.12. The second-order valence-electron chi connectivity index (χ2n) is 9.29. The normalized spacial score (nSPS) is 16.4. The van der Waals surface area contributed by atoms with Crippen LogP contribution < -0.4 is 16.4 Å². The number of hydrogen-bond donors (Lipinski definition) is 4. The highest BCUT2D eigenvalue weighted by Gasteiger charge is 2.25. The van der Waals surface area contributed by atoms with Crippen LogP contribution in [0.15, 0.2) is 47.2 Å². The van der Waals surface area contributed by atoms with Crippen molar-refractivity contribution in [3.8, 4) is 11.3 Å². The van der Waals surface area contributed by atoms with Gasteiger partial charge in [0.1, 0.15) is 5.70 Å². The van der Waals surface area contributed by atoms with Crippen LogP contribution in [0.2, 0.25) is 0 Å². The van der Waals surface area contributed by atoms with Crippen LogP contribution >= 0.6 is 0 Å². The van der Waals surface area contributed by atoms with Crippen LogP contribution in [-0.4, -0.2) is 89.8 Å². The molecule has 1 aliphatic rings. The summed E-state index contributed by atoms with van der Waals surface area (Å²) in [5, 5.41) is 7.16. The number of hydrogen-bond acceptors (Lipinski definition) is 9. The number of nitrogens with two attached hydrogens (primary N) is 1. The third-order valence-electron chi connectivity index (χ3n) is 6.97. The molecule has 5 N–H and O–H groups in total. The number of piperazine rings is 1. The first-order chi connectivity index (χ1) is 18.4. The van der Waals surface area contributed by atoms with Gasteiger partial charge in [-0.25, -0.2) is 9.97 Å². The zero-order valence-electron chi connectivity index (χ0n) is 22.7. The van der Waals surface area contributed by atoms with Crippen molar-refractivity contribution < 1.29 is 9.53 Å². The van der Waals surface area contributed by atoms with E-state index < -0.39 is 0 Å². The standard InChI is InChI=1S/C27H37N9O2/c1-6-35-10-12-36(13-11-35)18(3)26(37)32-21-9-7-8-19-20(15-30-24(19)21)23-17(2)14-31-27(34-23)33-22(16-29-4)25(28)38-5/h7-9,14-16,18,30H,6,10-13,28H2,1-5H3,(H,32,37)(H,31,33,34). The van der Waals surface area contributed by atoms with Gasteiger partial charge in [0.05, 0.1) is 30.0 Å². The van der Waals surface area contributed by atoms with Gasteiger partial charge in [-0.1, -0.05) is 19.1 Å². The zero-order valence-corrected chi connectivity index (χ0v) is 22.7. The van der Waals surface area contributed by atoms with Gasteiger partial charge in [-0.05, 0) is 32.0 Å². The van der Waals surface area contributed by atoms with Gasteiger partial charge >= 0.3 is 0 Å². The van der Waals surface area contributed by atoms with Crippen molar-refractivity contribution in [2.45, 2.75) is 26.8 Å². The highest BCUT2D eigenvalue weighted by molar-refractivity contribution is 6.06. The number of aryl methyl sites for hydroxylation is 1. The number of nitrogens with zero attached hydrogens (tertiary/aromatic N) is 5. The number of carbonyl (C=O) groups is 1. The molecule has 0 bridgehead atoms. The number of allylic oxidation sites excluding steroid dienone is 1. The Morgan fingerprint density at radius 2 is 2.05 bits per heavy atom. The van der Waals surface area contributed by atoms with E-state index in [4.69, 9.17) is 15.5 Å². The number of benzene rings is 1. The SMILES string of the molecule is CCN1CCN(C(C)C(=O)Nc2cccc3c(-c4nc(NC(C=NC)=C(N)OC)ncc4C)c[nH]c23)CC1. The number of aromatic nitrogens is 3. The van der Waals surface area contributed by atoms with Crippen molar-refractivity contribution in [2.75, 3.05) is 57.5 Å². The average molecular weight is 520 g/mol. The fourth-order valence-corrected chi connectivity index (χ4v) is 4.62. The number of methoxy groups -OCH3 is 1. The number of fused-ring (bicyclic) bond motifs is 1. The van der Waals surface area contributed by atoms with Crippen LogP contribution in [0.5, 0.6) is 0 Å². The number of ether oxygens (including phenoxy) is 1. The molecular weight excluding hydrogens is 482 g/mol. The molecule has 1 unspecified atom stereocenters. The summed E-state index contributed by atoms with van der Waals surface area (Å²) in [4.78, 5) is 34.3. The van der Waals surface area contributed by atoms with Gasteiger partial charge < -0.3 is 31.0 Å². The maximum Gasteiger partial charge on any atom is 0.241 e. The van der Waals surface area contributed by atoms with Crippen molar-refractivity contribution in [1.82, 2.24) is 24.8 Å². The molecule has 11 nitrogen and oxygen atoms in total. The lowest BCUT2D eigenvalue weighted by atomic mass is 10.1. The summed E-state index contributed by atoms with van der Waals surface area (Å²) in [6, 6.07) is 5.64. The van der Waals surface area contributed by atoms with E-state index >= 15 is 0 Å². The Bertz CT molecular complexity index is 1340. The first-order valence-corrected chi connectivity index (χ1v) is 12.8. The van der Waals surface area contributed by atoms with Crippen molar-refractivity contribution in [3.63, 3.8) is 0 Å². The third-order valence-corrected chi connectivity index (χ3v) is 6.97. The number of para-hydroxylation sites is 1. The van der Waals surface area contributed by atoms with Gasteiger partial charge in [0, 0.05) is 62.8 Å². The second kappa shape index (κ2) is 12.1. The molecule has 1 atom stereocenters. The number of anilines is 2. The largest absolute Gasteiger partial charge is 0.481 e. The number of rotatable bonds is 9. The highest BCUT2D eigenvalue weighted by Crippen LogP contribution is 2.33. The van der Waals surface area contributed by atoms with Crippen molar-refractivity contribution in [1.29, 1.82) is 0 Å². The molecule has 4 rings (SSSR count). The minimum atomic E-state index is -0.218. The van der Waals surface area contributed by atoms with E-state index in [1.165, 1.54) is 7.11 Å². The molecule has 0 saturated carbocycles. The maximum absolute atomic E-state index is 13.2. The molecule has 0 aliphatic carbocycles. The molecule has 38 heavy (non-hydrogen) atoms. The predicted molar refractivity (Wildman–Crippen MR) is 152 cm³/mol. The highest BCUT2D eigenvalue weighted by atomic mass is 16.5. The van der Waals surface area contributed by atoms with Gasteiger partial charge in [-0.2, -0.15) is 0 Å². The fraction of sp³-hybridized carbons (Fsp3) is 0.407. The summed E-state index contributed by atoms with van der Waals surface area (Å²) < 4.78 is 5.13. The quantitative estimate of drug-likeness (QED) is 0.250. The van der Waals surface area contributed by atoms with Crippen LogP contribution in [0.4, 0.5) is 11.6 Å². The van der Waals surface area contributed by atoms with E-state index in [9.17, 15) is 4.79 Å². The summed E-state index contributed by atoms with van der Waals surface area (Å²) >= 11 is 0. The number of aromatic amines is 1. The van der Waals surface area contributed by atoms with Crippen LogP contribution in [-0.2, 0) is 9.53 Å². The molecule has 0 spiro atoms.